The van der Waals surface area contributed by atoms with Gasteiger partial charge in [-0.15, -0.1) is 0 Å². The molecule has 19 heavy (non-hydrogen) atoms. The van der Waals surface area contributed by atoms with E-state index in [0.29, 0.717) is 6.42 Å². The number of carbonyl (C=O) groups is 1. The van der Waals surface area contributed by atoms with Crippen LogP contribution in [0.15, 0.2) is 0 Å². The maximum Gasteiger partial charge on any atom is 0.323 e. The number of hydrogen-bond acceptors (Lipinski definition) is 3. The average molecular weight is 272 g/mol. The predicted molar refractivity (Wildman–Crippen MR) is 80.6 cm³/mol. The minimum Gasteiger partial charge on any atom is -0.480 e. The third-order valence-electron chi connectivity index (χ3n) is 3.51. The maximum atomic E-state index is 11.4. The molecule has 0 saturated heterocycles. The fourth-order valence-corrected chi connectivity index (χ4v) is 2.34. The number of nitrogens with one attached hydrogen (secondary N) is 1. The molecular weight excluding hydrogens is 240 g/mol. The Morgan fingerprint density at radius 1 is 1.26 bits per heavy atom. The van der Waals surface area contributed by atoms with Crippen molar-refractivity contribution in [2.75, 3.05) is 19.6 Å². The maximum absolute atomic E-state index is 11.4. The first-order valence-corrected chi connectivity index (χ1v) is 7.59. The van der Waals surface area contributed by atoms with Crippen LogP contribution in [-0.4, -0.2) is 47.2 Å². The summed E-state index contributed by atoms with van der Waals surface area (Å²) < 4.78 is 0. The molecule has 0 spiro atoms. The zero-order valence-corrected chi connectivity index (χ0v) is 13.3. The Kier molecular flexibility index (Phi) is 9.02. The molecule has 0 fully saturated rings. The van der Waals surface area contributed by atoms with Gasteiger partial charge in [-0.1, -0.05) is 20.3 Å². The normalized spacial score (nSPS) is 14.9. The molecule has 0 bridgehead atoms. The predicted octanol–water partition coefficient (Wildman–Crippen LogP) is 2.73. The summed E-state index contributed by atoms with van der Waals surface area (Å²) in [5, 5.41) is 12.5. The second-order valence-corrected chi connectivity index (χ2v) is 5.83. The van der Waals surface area contributed by atoms with Crippen LogP contribution in [0.4, 0.5) is 0 Å². The van der Waals surface area contributed by atoms with Crippen LogP contribution >= 0.6 is 0 Å². The second-order valence-electron chi connectivity index (χ2n) is 5.83. The molecule has 2 N–H and O–H groups in total. The van der Waals surface area contributed by atoms with Crippen molar-refractivity contribution in [3.8, 4) is 0 Å². The zero-order valence-electron chi connectivity index (χ0n) is 13.3. The van der Waals surface area contributed by atoms with E-state index in [2.05, 4.69) is 24.1 Å². The first-order chi connectivity index (χ1) is 8.85. The summed E-state index contributed by atoms with van der Waals surface area (Å²) in [7, 11) is 0. The first kappa shape index (κ1) is 18.4. The molecule has 0 aromatic rings. The highest BCUT2D eigenvalue weighted by Crippen LogP contribution is 2.14. The minimum absolute atomic E-state index is 0.184. The summed E-state index contributed by atoms with van der Waals surface area (Å²) in [5.74, 6) is -0.752. The smallest absolute Gasteiger partial charge is 0.323 e. The van der Waals surface area contributed by atoms with Crippen molar-refractivity contribution in [3.63, 3.8) is 0 Å². The van der Waals surface area contributed by atoms with Crippen LogP contribution in [0.1, 0.15) is 60.3 Å². The summed E-state index contributed by atoms with van der Waals surface area (Å²) >= 11 is 0. The SMILES string of the molecule is CCCCN(CC)CCCC(C)(NC(C)C)C(=O)O. The van der Waals surface area contributed by atoms with E-state index in [4.69, 9.17) is 0 Å². The van der Waals surface area contributed by atoms with Gasteiger partial charge in [0.15, 0.2) is 0 Å². The van der Waals surface area contributed by atoms with E-state index in [0.717, 1.165) is 26.1 Å². The molecule has 0 saturated carbocycles. The molecule has 4 heteroatoms. The topological polar surface area (TPSA) is 52.6 Å². The number of hydrogen-bond donors (Lipinski definition) is 2. The van der Waals surface area contributed by atoms with Crippen molar-refractivity contribution >= 4 is 5.97 Å². The molecule has 0 rings (SSSR count). The lowest BCUT2D eigenvalue weighted by Crippen LogP contribution is -2.52. The molecule has 0 aliphatic carbocycles. The summed E-state index contributed by atoms with van der Waals surface area (Å²) in [4.78, 5) is 13.8. The Morgan fingerprint density at radius 3 is 2.26 bits per heavy atom. The van der Waals surface area contributed by atoms with Crippen LogP contribution in [0.25, 0.3) is 0 Å². The molecule has 1 unspecified atom stereocenters. The highest BCUT2D eigenvalue weighted by molar-refractivity contribution is 5.78. The summed E-state index contributed by atoms with van der Waals surface area (Å²) in [5.41, 5.74) is -0.807. The lowest BCUT2D eigenvalue weighted by molar-refractivity contribution is -0.144. The van der Waals surface area contributed by atoms with E-state index in [1.165, 1.54) is 12.8 Å². The standard InChI is InChI=1S/C15H32N2O2/c1-6-8-11-17(7-2)12-9-10-15(5,14(18)19)16-13(3)4/h13,16H,6-12H2,1-5H3,(H,18,19). The first-order valence-electron chi connectivity index (χ1n) is 7.59. The molecule has 0 radical (unpaired) electrons. The lowest BCUT2D eigenvalue weighted by Gasteiger charge is -2.30. The molecule has 0 aliphatic rings. The molecular formula is C15H32N2O2. The van der Waals surface area contributed by atoms with Gasteiger partial charge in [-0.25, -0.2) is 0 Å². The largest absolute Gasteiger partial charge is 0.480 e. The average Bonchev–Trinajstić information content (AvgIpc) is 2.32. The number of carboxylic acid groups (broad SMARTS) is 1. The number of unbranched alkanes of at least 4 members (excludes halogenated alkanes) is 1. The highest BCUT2D eigenvalue weighted by atomic mass is 16.4. The Balaban J connectivity index is 4.21. The van der Waals surface area contributed by atoms with Crippen LogP contribution in [-0.2, 0) is 4.79 Å². The van der Waals surface area contributed by atoms with E-state index in [9.17, 15) is 9.90 Å². The van der Waals surface area contributed by atoms with Crippen molar-refractivity contribution in [1.82, 2.24) is 10.2 Å². The van der Waals surface area contributed by atoms with Gasteiger partial charge in [0.2, 0.25) is 0 Å². The van der Waals surface area contributed by atoms with Crippen molar-refractivity contribution < 1.29 is 9.90 Å². The summed E-state index contributed by atoms with van der Waals surface area (Å²) in [6.07, 6.45) is 4.01. The van der Waals surface area contributed by atoms with E-state index in [1.54, 1.807) is 6.92 Å². The summed E-state index contributed by atoms with van der Waals surface area (Å²) in [6.45, 7) is 13.3. The number of rotatable bonds is 11. The Hall–Kier alpha value is -0.610. The van der Waals surface area contributed by atoms with Gasteiger partial charge in [-0.3, -0.25) is 10.1 Å². The number of nitrogens with zero attached hydrogens (tertiary/aromatic N) is 1. The fourth-order valence-electron chi connectivity index (χ4n) is 2.34. The second kappa shape index (κ2) is 9.32. The quantitative estimate of drug-likeness (QED) is 0.607. The molecule has 0 heterocycles. The minimum atomic E-state index is -0.807. The Morgan fingerprint density at radius 2 is 1.84 bits per heavy atom. The van der Waals surface area contributed by atoms with E-state index in [1.807, 2.05) is 13.8 Å². The van der Waals surface area contributed by atoms with Crippen molar-refractivity contribution in [1.29, 1.82) is 0 Å². The van der Waals surface area contributed by atoms with Crippen LogP contribution in [0, 0.1) is 0 Å². The monoisotopic (exact) mass is 272 g/mol. The van der Waals surface area contributed by atoms with Crippen LogP contribution < -0.4 is 5.32 Å². The van der Waals surface area contributed by atoms with Crippen molar-refractivity contribution in [2.45, 2.75) is 71.9 Å². The van der Waals surface area contributed by atoms with Gasteiger partial charge < -0.3 is 10.0 Å². The third-order valence-corrected chi connectivity index (χ3v) is 3.51. The molecule has 114 valence electrons. The van der Waals surface area contributed by atoms with E-state index >= 15 is 0 Å². The van der Waals surface area contributed by atoms with Crippen LogP contribution in [0.2, 0.25) is 0 Å². The molecule has 0 aromatic heterocycles. The zero-order chi connectivity index (χ0) is 14.9. The van der Waals surface area contributed by atoms with Crippen LogP contribution in [0.3, 0.4) is 0 Å². The molecule has 0 aromatic carbocycles. The Bertz CT molecular complexity index is 257. The van der Waals surface area contributed by atoms with Gasteiger partial charge in [0, 0.05) is 6.04 Å². The van der Waals surface area contributed by atoms with E-state index in [-0.39, 0.29) is 6.04 Å². The van der Waals surface area contributed by atoms with Gasteiger partial charge >= 0.3 is 5.97 Å². The number of carboxylic acids is 1. The molecule has 4 nitrogen and oxygen atoms in total. The molecule has 0 amide bonds. The summed E-state index contributed by atoms with van der Waals surface area (Å²) in [6, 6.07) is 0.184. The van der Waals surface area contributed by atoms with Gasteiger partial charge in [-0.05, 0) is 59.7 Å². The van der Waals surface area contributed by atoms with Gasteiger partial charge in [-0.2, -0.15) is 0 Å². The van der Waals surface area contributed by atoms with E-state index < -0.39 is 11.5 Å². The molecule has 1 atom stereocenters. The highest BCUT2D eigenvalue weighted by Gasteiger charge is 2.32. The van der Waals surface area contributed by atoms with Gasteiger partial charge in [0.25, 0.3) is 0 Å². The fraction of sp³-hybridized carbons (Fsp3) is 0.933. The van der Waals surface area contributed by atoms with Crippen molar-refractivity contribution in [3.05, 3.63) is 0 Å². The van der Waals surface area contributed by atoms with Gasteiger partial charge in [0.05, 0.1) is 0 Å². The van der Waals surface area contributed by atoms with Crippen molar-refractivity contribution in [2.24, 2.45) is 0 Å². The number of aliphatic carboxylic acids is 1. The van der Waals surface area contributed by atoms with Gasteiger partial charge in [0.1, 0.15) is 5.54 Å². The Labute approximate surface area is 118 Å². The van der Waals surface area contributed by atoms with Crippen LogP contribution in [0.5, 0.6) is 0 Å². The lowest BCUT2D eigenvalue weighted by atomic mass is 9.94. The third kappa shape index (κ3) is 7.53. The molecule has 0 aliphatic heterocycles.